The van der Waals surface area contributed by atoms with Crippen LogP contribution in [0.15, 0.2) is 0 Å². The molecule has 0 aromatic rings. The molecule has 0 saturated heterocycles. The molecule has 11 heavy (non-hydrogen) atoms. The van der Waals surface area contributed by atoms with E-state index in [-0.39, 0.29) is 18.9 Å². The Hall–Kier alpha value is -1.30. The Balaban J connectivity index is 3.44. The predicted molar refractivity (Wildman–Crippen MR) is 38.2 cm³/mol. The second kappa shape index (κ2) is 4.51. The normalized spacial score (nSPS) is 12.1. The Bertz CT molecular complexity index is 159. The summed E-state index contributed by atoms with van der Waals surface area (Å²) in [6.07, 6.45) is -1.35. The lowest BCUT2D eigenvalue weighted by Gasteiger charge is -2.08. The van der Waals surface area contributed by atoms with E-state index in [2.05, 4.69) is 5.32 Å². The first-order valence-corrected chi connectivity index (χ1v) is 3.00. The maximum atomic E-state index is 9.98. The number of hydrogen-bond donors (Lipinski definition) is 5. The van der Waals surface area contributed by atoms with E-state index in [1.54, 1.807) is 0 Å². The molecular weight excluding hydrogens is 150 g/mol. The van der Waals surface area contributed by atoms with Crippen LogP contribution >= 0.6 is 0 Å². The number of nitrogens with two attached hydrogens (primary N) is 1. The number of guanidine groups is 1. The molecule has 0 bridgehead atoms. The smallest absolute Gasteiger partial charge is 0.306 e. The first-order chi connectivity index (χ1) is 5.02. The standard InChI is InChI=1S/C5H11N3O3/c6-5(7)8-2-3(9)1-4(10)11/h3,9H,1-2H2,(H,10,11)(H4,6,7,8). The van der Waals surface area contributed by atoms with Crippen LogP contribution in [-0.4, -0.2) is 34.8 Å². The van der Waals surface area contributed by atoms with E-state index in [4.69, 9.17) is 21.4 Å². The van der Waals surface area contributed by atoms with E-state index >= 15 is 0 Å². The molecule has 0 spiro atoms. The average molecular weight is 161 g/mol. The van der Waals surface area contributed by atoms with Crippen molar-refractivity contribution in [3.05, 3.63) is 0 Å². The quantitative estimate of drug-likeness (QED) is 0.249. The highest BCUT2D eigenvalue weighted by Crippen LogP contribution is 1.88. The lowest BCUT2D eigenvalue weighted by molar-refractivity contribution is -0.139. The molecule has 0 fully saturated rings. The van der Waals surface area contributed by atoms with Gasteiger partial charge in [0, 0.05) is 6.54 Å². The van der Waals surface area contributed by atoms with E-state index in [9.17, 15) is 4.79 Å². The molecule has 1 atom stereocenters. The fourth-order valence-corrected chi connectivity index (χ4v) is 0.502. The fraction of sp³-hybridized carbons (Fsp3) is 0.600. The average Bonchev–Trinajstić information content (AvgIpc) is 1.82. The summed E-state index contributed by atoms with van der Waals surface area (Å²) < 4.78 is 0. The van der Waals surface area contributed by atoms with E-state index < -0.39 is 12.1 Å². The Labute approximate surface area is 63.5 Å². The molecule has 0 amide bonds. The van der Waals surface area contributed by atoms with Gasteiger partial charge in [-0.15, -0.1) is 0 Å². The highest BCUT2D eigenvalue weighted by molar-refractivity contribution is 5.74. The molecule has 0 aromatic carbocycles. The highest BCUT2D eigenvalue weighted by atomic mass is 16.4. The van der Waals surface area contributed by atoms with E-state index in [1.165, 1.54) is 0 Å². The molecule has 0 aliphatic rings. The summed E-state index contributed by atoms with van der Waals surface area (Å²) >= 11 is 0. The Morgan fingerprint density at radius 1 is 1.73 bits per heavy atom. The summed E-state index contributed by atoms with van der Waals surface area (Å²) in [5.74, 6) is -1.36. The van der Waals surface area contributed by atoms with Gasteiger partial charge in [-0.05, 0) is 0 Å². The number of carboxylic acids is 1. The van der Waals surface area contributed by atoms with Crippen LogP contribution in [0.3, 0.4) is 0 Å². The van der Waals surface area contributed by atoms with Gasteiger partial charge in [-0.3, -0.25) is 10.2 Å². The molecule has 0 radical (unpaired) electrons. The molecule has 6 N–H and O–H groups in total. The van der Waals surface area contributed by atoms with E-state index in [0.717, 1.165) is 0 Å². The molecular formula is C5H11N3O3. The second-order valence-corrected chi connectivity index (χ2v) is 2.05. The van der Waals surface area contributed by atoms with Gasteiger partial charge in [-0.25, -0.2) is 0 Å². The highest BCUT2D eigenvalue weighted by Gasteiger charge is 2.08. The number of rotatable bonds is 4. The second-order valence-electron chi connectivity index (χ2n) is 2.05. The third-order valence-electron chi connectivity index (χ3n) is 0.938. The Morgan fingerprint density at radius 3 is 2.64 bits per heavy atom. The lowest BCUT2D eigenvalue weighted by atomic mass is 10.2. The largest absolute Gasteiger partial charge is 0.481 e. The maximum Gasteiger partial charge on any atom is 0.306 e. The van der Waals surface area contributed by atoms with Crippen molar-refractivity contribution in [3.63, 3.8) is 0 Å². The Kier molecular flexibility index (Phi) is 3.97. The van der Waals surface area contributed by atoms with Crippen molar-refractivity contribution in [2.45, 2.75) is 12.5 Å². The van der Waals surface area contributed by atoms with Crippen molar-refractivity contribution in [2.75, 3.05) is 6.54 Å². The molecule has 0 aromatic heterocycles. The van der Waals surface area contributed by atoms with Crippen molar-refractivity contribution in [1.29, 1.82) is 5.41 Å². The minimum atomic E-state index is -1.08. The van der Waals surface area contributed by atoms with Gasteiger partial charge in [-0.2, -0.15) is 0 Å². The molecule has 0 heterocycles. The molecule has 0 rings (SSSR count). The number of aliphatic hydroxyl groups is 1. The number of aliphatic hydroxyl groups excluding tert-OH is 1. The zero-order valence-corrected chi connectivity index (χ0v) is 5.87. The van der Waals surface area contributed by atoms with Crippen LogP contribution in [0.4, 0.5) is 0 Å². The van der Waals surface area contributed by atoms with Gasteiger partial charge >= 0.3 is 5.97 Å². The van der Waals surface area contributed by atoms with Gasteiger partial charge in [0.15, 0.2) is 5.96 Å². The van der Waals surface area contributed by atoms with Crippen molar-refractivity contribution < 1.29 is 15.0 Å². The molecule has 0 aliphatic carbocycles. The monoisotopic (exact) mass is 161 g/mol. The van der Waals surface area contributed by atoms with Gasteiger partial charge in [0.2, 0.25) is 0 Å². The summed E-state index contributed by atoms with van der Waals surface area (Å²) in [6, 6.07) is 0. The van der Waals surface area contributed by atoms with Crippen molar-refractivity contribution in [3.8, 4) is 0 Å². The number of aliphatic carboxylic acids is 1. The number of carbonyl (C=O) groups is 1. The molecule has 6 heteroatoms. The van der Waals surface area contributed by atoms with Crippen LogP contribution in [-0.2, 0) is 4.79 Å². The summed E-state index contributed by atoms with van der Waals surface area (Å²) in [7, 11) is 0. The third-order valence-corrected chi connectivity index (χ3v) is 0.938. The predicted octanol–water partition coefficient (Wildman–Crippen LogP) is -1.69. The molecule has 0 saturated carbocycles. The summed E-state index contributed by atoms with van der Waals surface area (Å²) in [4.78, 5) is 9.98. The van der Waals surface area contributed by atoms with Crippen LogP contribution in [0.5, 0.6) is 0 Å². The van der Waals surface area contributed by atoms with Gasteiger partial charge < -0.3 is 21.3 Å². The van der Waals surface area contributed by atoms with E-state index in [0.29, 0.717) is 0 Å². The summed E-state index contributed by atoms with van der Waals surface area (Å²) in [6.45, 7) is -0.0123. The molecule has 1 unspecified atom stereocenters. The SMILES string of the molecule is N=C(N)NCC(O)CC(=O)O. The van der Waals surface area contributed by atoms with Crippen molar-refractivity contribution >= 4 is 11.9 Å². The fourth-order valence-electron chi connectivity index (χ4n) is 0.502. The zero-order valence-electron chi connectivity index (χ0n) is 5.87. The summed E-state index contributed by atoms with van der Waals surface area (Å²) in [5.41, 5.74) is 4.89. The van der Waals surface area contributed by atoms with Gasteiger partial charge in [0.1, 0.15) is 0 Å². The van der Waals surface area contributed by atoms with Crippen LogP contribution in [0, 0.1) is 5.41 Å². The topological polar surface area (TPSA) is 119 Å². The van der Waals surface area contributed by atoms with Crippen LogP contribution in [0.25, 0.3) is 0 Å². The molecule has 0 aliphatic heterocycles. The Morgan fingerprint density at radius 2 is 2.27 bits per heavy atom. The maximum absolute atomic E-state index is 9.98. The first-order valence-electron chi connectivity index (χ1n) is 3.00. The zero-order chi connectivity index (χ0) is 8.85. The number of hydrogen-bond acceptors (Lipinski definition) is 3. The van der Waals surface area contributed by atoms with Crippen molar-refractivity contribution in [2.24, 2.45) is 5.73 Å². The minimum Gasteiger partial charge on any atom is -0.481 e. The third kappa shape index (κ3) is 6.59. The first kappa shape index (κ1) is 9.70. The molecule has 6 nitrogen and oxygen atoms in total. The summed E-state index contributed by atoms with van der Waals surface area (Å²) in [5, 5.41) is 26.0. The minimum absolute atomic E-state index is 0.0123. The van der Waals surface area contributed by atoms with Crippen LogP contribution in [0.1, 0.15) is 6.42 Å². The number of carboxylic acid groups (broad SMARTS) is 1. The molecule has 64 valence electrons. The lowest BCUT2D eigenvalue weighted by Crippen LogP contribution is -2.37. The van der Waals surface area contributed by atoms with Crippen LogP contribution < -0.4 is 11.1 Å². The number of nitrogens with one attached hydrogen (secondary N) is 2. The van der Waals surface area contributed by atoms with Crippen molar-refractivity contribution in [1.82, 2.24) is 5.32 Å². The van der Waals surface area contributed by atoms with Gasteiger partial charge in [0.05, 0.1) is 12.5 Å². The van der Waals surface area contributed by atoms with E-state index in [1.807, 2.05) is 0 Å². The van der Waals surface area contributed by atoms with Crippen LogP contribution in [0.2, 0.25) is 0 Å². The van der Waals surface area contributed by atoms with Gasteiger partial charge in [0.25, 0.3) is 0 Å². The van der Waals surface area contributed by atoms with Gasteiger partial charge in [-0.1, -0.05) is 0 Å².